The van der Waals surface area contributed by atoms with Crippen molar-refractivity contribution in [3.05, 3.63) is 18.7 Å². The van der Waals surface area contributed by atoms with Crippen LogP contribution in [0.15, 0.2) is 23.7 Å². The zero-order chi connectivity index (χ0) is 15.2. The van der Waals surface area contributed by atoms with Crippen molar-refractivity contribution < 1.29 is 4.74 Å². The molecule has 1 atom stereocenters. The largest absolute Gasteiger partial charge is 0.379 e. The van der Waals surface area contributed by atoms with E-state index in [1.807, 2.05) is 25.8 Å². The molecule has 0 radical (unpaired) electrons. The lowest BCUT2D eigenvalue weighted by Crippen LogP contribution is -2.47. The molecule has 2 fully saturated rings. The van der Waals surface area contributed by atoms with E-state index in [1.54, 1.807) is 0 Å². The number of hydrogen-bond donors (Lipinski definition) is 1. The van der Waals surface area contributed by atoms with Crippen LogP contribution in [-0.2, 0) is 11.3 Å². The first-order valence-corrected chi connectivity index (χ1v) is 8.10. The van der Waals surface area contributed by atoms with Crippen LogP contribution < -0.4 is 5.32 Å². The third kappa shape index (κ3) is 5.05. The Morgan fingerprint density at radius 3 is 2.87 bits per heavy atom. The summed E-state index contributed by atoms with van der Waals surface area (Å²) < 4.78 is 7.51. The summed E-state index contributed by atoms with van der Waals surface area (Å²) in [6.07, 6.45) is 6.84. The SMILES string of the molecule is CN=C(NCCn1ccnc1)N1CCC(N2CCOCC2)C1.I. The Labute approximate surface area is 155 Å². The molecule has 2 aliphatic heterocycles. The highest BCUT2D eigenvalue weighted by molar-refractivity contribution is 14.0. The van der Waals surface area contributed by atoms with Crippen LogP contribution in [0.25, 0.3) is 0 Å². The quantitative estimate of drug-likeness (QED) is 0.425. The minimum atomic E-state index is 0. The van der Waals surface area contributed by atoms with E-state index in [0.29, 0.717) is 6.04 Å². The molecule has 0 spiro atoms. The summed E-state index contributed by atoms with van der Waals surface area (Å²) in [5, 5.41) is 3.46. The second-order valence-corrected chi connectivity index (χ2v) is 5.81. The van der Waals surface area contributed by atoms with Gasteiger partial charge in [-0.05, 0) is 6.42 Å². The van der Waals surface area contributed by atoms with E-state index >= 15 is 0 Å². The van der Waals surface area contributed by atoms with E-state index in [1.165, 1.54) is 6.42 Å². The fourth-order valence-electron chi connectivity index (χ4n) is 3.22. The number of likely N-dealkylation sites (tertiary alicyclic amines) is 1. The van der Waals surface area contributed by atoms with Crippen molar-refractivity contribution in [2.75, 3.05) is 53.0 Å². The number of nitrogens with zero attached hydrogens (tertiary/aromatic N) is 5. The molecule has 0 amide bonds. The average Bonchev–Trinajstić information content (AvgIpc) is 3.24. The van der Waals surface area contributed by atoms with E-state index < -0.39 is 0 Å². The van der Waals surface area contributed by atoms with Gasteiger partial charge in [-0.3, -0.25) is 9.89 Å². The third-order valence-electron chi connectivity index (χ3n) is 4.45. The molecule has 1 unspecified atom stereocenters. The molecule has 0 saturated carbocycles. The fourth-order valence-corrected chi connectivity index (χ4v) is 3.22. The standard InChI is InChI=1S/C15H26N6O.HI/c1-16-15(18-4-7-19-6-3-17-13-19)21-5-2-14(12-21)20-8-10-22-11-9-20;/h3,6,13-14H,2,4-5,7-12H2,1H3,(H,16,18);1H. The minimum Gasteiger partial charge on any atom is -0.379 e. The molecule has 130 valence electrons. The summed E-state index contributed by atoms with van der Waals surface area (Å²) in [6, 6.07) is 0.635. The van der Waals surface area contributed by atoms with Gasteiger partial charge in [-0.25, -0.2) is 4.98 Å². The van der Waals surface area contributed by atoms with Crippen LogP contribution in [0.1, 0.15) is 6.42 Å². The summed E-state index contributed by atoms with van der Waals surface area (Å²) >= 11 is 0. The monoisotopic (exact) mass is 434 g/mol. The Kier molecular flexibility index (Phi) is 7.57. The van der Waals surface area contributed by atoms with Gasteiger partial charge in [-0.1, -0.05) is 0 Å². The van der Waals surface area contributed by atoms with E-state index in [0.717, 1.165) is 58.4 Å². The molecule has 1 aromatic rings. The van der Waals surface area contributed by atoms with Gasteiger partial charge in [0, 0.05) is 64.8 Å². The number of aliphatic imine (C=N–C) groups is 1. The normalized spacial score (nSPS) is 22.9. The van der Waals surface area contributed by atoms with Gasteiger partial charge < -0.3 is 19.5 Å². The van der Waals surface area contributed by atoms with Crippen molar-refractivity contribution in [3.8, 4) is 0 Å². The highest BCUT2D eigenvalue weighted by Gasteiger charge is 2.30. The van der Waals surface area contributed by atoms with Crippen LogP contribution in [0.5, 0.6) is 0 Å². The van der Waals surface area contributed by atoms with E-state index in [-0.39, 0.29) is 24.0 Å². The smallest absolute Gasteiger partial charge is 0.193 e. The molecule has 8 heteroatoms. The van der Waals surface area contributed by atoms with Gasteiger partial charge in [0.25, 0.3) is 0 Å². The van der Waals surface area contributed by atoms with Crippen molar-refractivity contribution in [3.63, 3.8) is 0 Å². The van der Waals surface area contributed by atoms with Crippen molar-refractivity contribution in [1.29, 1.82) is 0 Å². The van der Waals surface area contributed by atoms with Crippen LogP contribution in [0.2, 0.25) is 0 Å². The first kappa shape index (κ1) is 18.5. The van der Waals surface area contributed by atoms with Gasteiger partial charge in [0.1, 0.15) is 0 Å². The molecule has 2 saturated heterocycles. The number of imidazole rings is 1. The molecule has 1 aromatic heterocycles. The van der Waals surface area contributed by atoms with Gasteiger partial charge >= 0.3 is 0 Å². The number of halogens is 1. The fraction of sp³-hybridized carbons (Fsp3) is 0.733. The molecule has 2 aliphatic rings. The number of aromatic nitrogens is 2. The zero-order valence-electron chi connectivity index (χ0n) is 13.7. The van der Waals surface area contributed by atoms with Crippen molar-refractivity contribution in [2.45, 2.75) is 19.0 Å². The van der Waals surface area contributed by atoms with Crippen LogP contribution in [0, 0.1) is 0 Å². The van der Waals surface area contributed by atoms with Crippen LogP contribution in [0.4, 0.5) is 0 Å². The minimum absolute atomic E-state index is 0. The van der Waals surface area contributed by atoms with E-state index in [4.69, 9.17) is 4.74 Å². The van der Waals surface area contributed by atoms with Crippen molar-refractivity contribution in [2.24, 2.45) is 4.99 Å². The number of guanidine groups is 1. The second kappa shape index (κ2) is 9.43. The second-order valence-electron chi connectivity index (χ2n) is 5.81. The molecule has 3 rings (SSSR count). The molecular weight excluding hydrogens is 407 g/mol. The lowest BCUT2D eigenvalue weighted by molar-refractivity contribution is 0.0195. The maximum atomic E-state index is 5.44. The molecule has 0 aliphatic carbocycles. The zero-order valence-corrected chi connectivity index (χ0v) is 16.1. The van der Waals surface area contributed by atoms with Gasteiger partial charge in [-0.2, -0.15) is 0 Å². The van der Waals surface area contributed by atoms with Crippen LogP contribution >= 0.6 is 24.0 Å². The molecule has 23 heavy (non-hydrogen) atoms. The van der Waals surface area contributed by atoms with Crippen molar-refractivity contribution in [1.82, 2.24) is 24.7 Å². The third-order valence-corrected chi connectivity index (χ3v) is 4.45. The molecular formula is C15H27IN6O. The summed E-state index contributed by atoms with van der Waals surface area (Å²) in [5.74, 6) is 1.01. The maximum Gasteiger partial charge on any atom is 0.193 e. The topological polar surface area (TPSA) is 57.9 Å². The summed E-state index contributed by atoms with van der Waals surface area (Å²) in [5.41, 5.74) is 0. The van der Waals surface area contributed by atoms with Crippen LogP contribution in [-0.4, -0.2) is 84.3 Å². The average molecular weight is 434 g/mol. The number of hydrogen-bond acceptors (Lipinski definition) is 4. The molecule has 0 aromatic carbocycles. The van der Waals surface area contributed by atoms with Gasteiger partial charge in [-0.15, -0.1) is 24.0 Å². The first-order chi connectivity index (χ1) is 10.9. The van der Waals surface area contributed by atoms with Gasteiger partial charge in [0.05, 0.1) is 19.5 Å². The summed E-state index contributed by atoms with van der Waals surface area (Å²) in [4.78, 5) is 13.4. The van der Waals surface area contributed by atoms with Crippen molar-refractivity contribution >= 4 is 29.9 Å². The predicted molar refractivity (Wildman–Crippen MR) is 101 cm³/mol. The van der Waals surface area contributed by atoms with Gasteiger partial charge in [0.2, 0.25) is 0 Å². The Bertz CT molecular complexity index is 474. The molecule has 0 bridgehead atoms. The number of morpholine rings is 1. The Morgan fingerprint density at radius 2 is 2.17 bits per heavy atom. The molecule has 1 N–H and O–H groups in total. The Hall–Kier alpha value is -0.870. The maximum absolute atomic E-state index is 5.44. The Balaban J connectivity index is 0.00000192. The highest BCUT2D eigenvalue weighted by atomic mass is 127. The highest BCUT2D eigenvalue weighted by Crippen LogP contribution is 2.16. The van der Waals surface area contributed by atoms with Crippen LogP contribution in [0.3, 0.4) is 0 Å². The lowest BCUT2D eigenvalue weighted by Gasteiger charge is -2.32. The Morgan fingerprint density at radius 1 is 1.35 bits per heavy atom. The predicted octanol–water partition coefficient (Wildman–Crippen LogP) is 0.483. The number of rotatable bonds is 4. The number of ether oxygens (including phenoxy) is 1. The van der Waals surface area contributed by atoms with E-state index in [9.17, 15) is 0 Å². The number of nitrogens with one attached hydrogen (secondary N) is 1. The summed E-state index contributed by atoms with van der Waals surface area (Å²) in [7, 11) is 1.86. The summed E-state index contributed by atoms with van der Waals surface area (Å²) in [6.45, 7) is 7.76. The molecule has 3 heterocycles. The lowest BCUT2D eigenvalue weighted by atomic mass is 10.2. The van der Waals surface area contributed by atoms with Gasteiger partial charge in [0.15, 0.2) is 5.96 Å². The van der Waals surface area contributed by atoms with E-state index in [2.05, 4.69) is 29.7 Å². The first-order valence-electron chi connectivity index (χ1n) is 8.10. The molecule has 7 nitrogen and oxygen atoms in total.